The summed E-state index contributed by atoms with van der Waals surface area (Å²) in [5.74, 6) is -2.16. The zero-order valence-electron chi connectivity index (χ0n) is 16.7. The maximum absolute atomic E-state index is 13.0. The molecule has 31 heavy (non-hydrogen) atoms. The van der Waals surface area contributed by atoms with Gasteiger partial charge < -0.3 is 14.8 Å². The van der Waals surface area contributed by atoms with Crippen molar-refractivity contribution in [3.63, 3.8) is 0 Å². The standard InChI is InChI=1S/C21H19F3N2O5/c1-12(31-20(29)14-5-3-4-13(8-14)11-30-2)19(28)26-10-18(27)25-16-9-15(21(22,23)24)6-7-17(16)26/h3-9,12H,10-11H2,1-2H3,(H,25,27)/t12-/m0/s1. The predicted molar refractivity (Wildman–Crippen MR) is 104 cm³/mol. The van der Waals surface area contributed by atoms with Gasteiger partial charge >= 0.3 is 12.1 Å². The van der Waals surface area contributed by atoms with Gasteiger partial charge in [-0.05, 0) is 42.8 Å². The molecule has 0 radical (unpaired) electrons. The van der Waals surface area contributed by atoms with Gasteiger partial charge in [-0.25, -0.2) is 4.79 Å². The molecule has 2 aromatic carbocycles. The summed E-state index contributed by atoms with van der Waals surface area (Å²) in [6.07, 6.45) is -5.88. The van der Waals surface area contributed by atoms with Gasteiger partial charge in [0.25, 0.3) is 5.91 Å². The lowest BCUT2D eigenvalue weighted by Crippen LogP contribution is -2.47. The minimum atomic E-state index is -4.60. The molecule has 0 saturated carbocycles. The molecule has 0 aromatic heterocycles. The Morgan fingerprint density at radius 1 is 1.19 bits per heavy atom. The second-order valence-corrected chi connectivity index (χ2v) is 6.88. The fourth-order valence-corrected chi connectivity index (χ4v) is 3.12. The maximum Gasteiger partial charge on any atom is 0.416 e. The van der Waals surface area contributed by atoms with Gasteiger partial charge in [0.2, 0.25) is 5.91 Å². The molecule has 1 aliphatic rings. The van der Waals surface area contributed by atoms with Crippen LogP contribution in [-0.2, 0) is 31.8 Å². The van der Waals surface area contributed by atoms with Crippen LogP contribution in [0.5, 0.6) is 0 Å². The van der Waals surface area contributed by atoms with Crippen LogP contribution in [0.3, 0.4) is 0 Å². The lowest BCUT2D eigenvalue weighted by molar-refractivity contribution is -0.137. The first-order valence-electron chi connectivity index (χ1n) is 9.21. The average Bonchev–Trinajstić information content (AvgIpc) is 2.71. The topological polar surface area (TPSA) is 84.9 Å². The summed E-state index contributed by atoms with van der Waals surface area (Å²) in [5.41, 5.74) is -0.0806. The van der Waals surface area contributed by atoms with Crippen LogP contribution in [0.2, 0.25) is 0 Å². The number of hydrogen-bond acceptors (Lipinski definition) is 5. The van der Waals surface area contributed by atoms with Crippen LogP contribution in [0.25, 0.3) is 0 Å². The van der Waals surface area contributed by atoms with Crippen LogP contribution < -0.4 is 10.2 Å². The summed E-state index contributed by atoms with van der Waals surface area (Å²) >= 11 is 0. The van der Waals surface area contributed by atoms with Crippen molar-refractivity contribution in [3.8, 4) is 0 Å². The van der Waals surface area contributed by atoms with E-state index in [1.165, 1.54) is 20.1 Å². The minimum absolute atomic E-state index is 0.0857. The molecule has 7 nitrogen and oxygen atoms in total. The first-order chi connectivity index (χ1) is 14.6. The Labute approximate surface area is 175 Å². The molecule has 0 bridgehead atoms. The van der Waals surface area contributed by atoms with Crippen molar-refractivity contribution in [2.45, 2.75) is 25.8 Å². The number of halogens is 3. The fourth-order valence-electron chi connectivity index (χ4n) is 3.12. The molecule has 164 valence electrons. The monoisotopic (exact) mass is 436 g/mol. The number of benzene rings is 2. The van der Waals surface area contributed by atoms with Crippen molar-refractivity contribution in [2.75, 3.05) is 23.9 Å². The molecule has 2 aromatic rings. The number of rotatable bonds is 5. The summed E-state index contributed by atoms with van der Waals surface area (Å²) in [6.45, 7) is 1.20. The molecule has 1 heterocycles. The number of ether oxygens (including phenoxy) is 2. The van der Waals surface area contributed by atoms with Crippen molar-refractivity contribution in [1.29, 1.82) is 0 Å². The average molecular weight is 436 g/mol. The summed E-state index contributed by atoms with van der Waals surface area (Å²) in [6, 6.07) is 9.14. The smallest absolute Gasteiger partial charge is 0.416 e. The Morgan fingerprint density at radius 2 is 1.94 bits per heavy atom. The Morgan fingerprint density at radius 3 is 2.61 bits per heavy atom. The molecular formula is C21H19F3N2O5. The van der Waals surface area contributed by atoms with Crippen LogP contribution in [-0.4, -0.2) is 37.5 Å². The van der Waals surface area contributed by atoms with E-state index >= 15 is 0 Å². The van der Waals surface area contributed by atoms with Gasteiger partial charge in [0.1, 0.15) is 6.54 Å². The summed E-state index contributed by atoms with van der Waals surface area (Å²) < 4.78 is 49.1. The summed E-state index contributed by atoms with van der Waals surface area (Å²) in [7, 11) is 1.51. The van der Waals surface area contributed by atoms with E-state index < -0.39 is 42.2 Å². The molecule has 1 N–H and O–H groups in total. The van der Waals surface area contributed by atoms with Gasteiger partial charge in [-0.15, -0.1) is 0 Å². The number of nitrogens with one attached hydrogen (secondary N) is 1. The SMILES string of the molecule is COCc1cccc(C(=O)O[C@@H](C)C(=O)N2CC(=O)Nc3cc(C(F)(F)F)ccc32)c1. The third-order valence-electron chi connectivity index (χ3n) is 4.56. The van der Waals surface area contributed by atoms with Gasteiger partial charge in [-0.1, -0.05) is 12.1 Å². The molecule has 0 unspecified atom stereocenters. The molecule has 1 atom stereocenters. The highest BCUT2D eigenvalue weighted by atomic mass is 19.4. The van der Waals surface area contributed by atoms with Gasteiger partial charge in [-0.2, -0.15) is 13.2 Å². The molecule has 3 rings (SSSR count). The number of fused-ring (bicyclic) bond motifs is 1. The molecule has 0 aliphatic carbocycles. The van der Waals surface area contributed by atoms with Crippen LogP contribution in [0.4, 0.5) is 24.5 Å². The van der Waals surface area contributed by atoms with Crippen LogP contribution in [0.15, 0.2) is 42.5 Å². The summed E-state index contributed by atoms with van der Waals surface area (Å²) in [5, 5.41) is 2.33. The zero-order valence-corrected chi connectivity index (χ0v) is 16.7. The Balaban J connectivity index is 1.79. The number of carbonyl (C=O) groups excluding carboxylic acids is 3. The molecule has 0 fully saturated rings. The van der Waals surface area contributed by atoms with Crippen molar-refractivity contribution in [2.24, 2.45) is 0 Å². The highest BCUT2D eigenvalue weighted by molar-refractivity contribution is 6.11. The minimum Gasteiger partial charge on any atom is -0.449 e. The number of alkyl halides is 3. The lowest BCUT2D eigenvalue weighted by Gasteiger charge is -2.31. The molecule has 1 aliphatic heterocycles. The third kappa shape index (κ3) is 5.02. The number of hydrogen-bond donors (Lipinski definition) is 1. The number of esters is 1. The Bertz CT molecular complexity index is 1020. The van der Waals surface area contributed by atoms with Gasteiger partial charge in [0.15, 0.2) is 6.10 Å². The van der Waals surface area contributed by atoms with Gasteiger partial charge in [0, 0.05) is 7.11 Å². The highest BCUT2D eigenvalue weighted by Crippen LogP contribution is 2.37. The number of anilines is 2. The largest absolute Gasteiger partial charge is 0.449 e. The Hall–Kier alpha value is -3.40. The third-order valence-corrected chi connectivity index (χ3v) is 4.56. The van der Waals surface area contributed by atoms with E-state index in [4.69, 9.17) is 9.47 Å². The number of nitrogens with zero attached hydrogens (tertiary/aromatic N) is 1. The maximum atomic E-state index is 13.0. The van der Waals surface area contributed by atoms with Crippen LogP contribution in [0.1, 0.15) is 28.4 Å². The number of carbonyl (C=O) groups is 3. The zero-order chi connectivity index (χ0) is 22.8. The second kappa shape index (κ2) is 8.76. The van der Waals surface area contributed by atoms with E-state index in [1.807, 2.05) is 0 Å². The quantitative estimate of drug-likeness (QED) is 0.727. The number of amides is 2. The molecule has 0 spiro atoms. The first-order valence-corrected chi connectivity index (χ1v) is 9.21. The molecule has 0 saturated heterocycles. The van der Waals surface area contributed by atoms with E-state index in [2.05, 4.69) is 5.32 Å². The van der Waals surface area contributed by atoms with Crippen molar-refractivity contribution >= 4 is 29.2 Å². The normalized spacial score (nSPS) is 14.5. The highest BCUT2D eigenvalue weighted by Gasteiger charge is 2.35. The van der Waals surface area contributed by atoms with Crippen molar-refractivity contribution in [1.82, 2.24) is 0 Å². The van der Waals surface area contributed by atoms with Crippen molar-refractivity contribution < 1.29 is 37.0 Å². The second-order valence-electron chi connectivity index (χ2n) is 6.88. The van der Waals surface area contributed by atoms with E-state index in [0.717, 1.165) is 28.7 Å². The van der Waals surface area contributed by atoms with Crippen LogP contribution in [0, 0.1) is 0 Å². The van der Waals surface area contributed by atoms with E-state index in [9.17, 15) is 27.6 Å². The molecule has 10 heteroatoms. The predicted octanol–water partition coefficient (Wildman–Crippen LogP) is 3.38. The Kier molecular flexibility index (Phi) is 6.30. The van der Waals surface area contributed by atoms with Gasteiger partial charge in [-0.3, -0.25) is 14.5 Å². The molecule has 2 amide bonds. The molecular weight excluding hydrogens is 417 g/mol. The first kappa shape index (κ1) is 22.3. The van der Waals surface area contributed by atoms with Gasteiger partial charge in [0.05, 0.1) is 29.1 Å². The van der Waals surface area contributed by atoms with E-state index in [-0.39, 0.29) is 23.5 Å². The van der Waals surface area contributed by atoms with E-state index in [0.29, 0.717) is 0 Å². The summed E-state index contributed by atoms with van der Waals surface area (Å²) in [4.78, 5) is 38.2. The lowest BCUT2D eigenvalue weighted by atomic mass is 10.1. The van der Waals surface area contributed by atoms with Crippen molar-refractivity contribution in [3.05, 3.63) is 59.2 Å². The number of methoxy groups -OCH3 is 1. The van der Waals surface area contributed by atoms with E-state index in [1.54, 1.807) is 18.2 Å². The van der Waals surface area contributed by atoms with Crippen LogP contribution >= 0.6 is 0 Å². The fraction of sp³-hybridized carbons (Fsp3) is 0.286.